The summed E-state index contributed by atoms with van der Waals surface area (Å²) in [5, 5.41) is 4.03. The minimum absolute atomic E-state index is 1.05. The van der Waals surface area contributed by atoms with Crippen LogP contribution in [0.15, 0.2) is 36.9 Å². The second-order valence-corrected chi connectivity index (χ2v) is 2.68. The molecule has 16 heavy (non-hydrogen) atoms. The van der Waals surface area contributed by atoms with Crippen LogP contribution in [-0.2, 0) is 0 Å². The van der Waals surface area contributed by atoms with Crippen LogP contribution in [0.4, 0.5) is 0 Å². The van der Waals surface area contributed by atoms with E-state index < -0.39 is 0 Å². The fraction of sp³-hybridized carbons (Fsp3) is 0.385. The number of aryl methyl sites for hydroxylation is 1. The predicted octanol–water partition coefficient (Wildman–Crippen LogP) is 3.63. The molecule has 1 aromatic heterocycles. The van der Waals surface area contributed by atoms with E-state index in [4.69, 9.17) is 0 Å². The summed E-state index contributed by atoms with van der Waals surface area (Å²) in [6.07, 6.45) is 3.22. The molecule has 1 aromatic carbocycles. The third-order valence-corrected chi connectivity index (χ3v) is 1.68. The highest BCUT2D eigenvalue weighted by atomic mass is 15.3. The maximum absolute atomic E-state index is 4.03. The fourth-order valence-corrected chi connectivity index (χ4v) is 1.11. The zero-order valence-electron chi connectivity index (χ0n) is 10.8. The molecule has 2 rings (SSSR count). The quantitative estimate of drug-likeness (QED) is 0.733. The van der Waals surface area contributed by atoms with Gasteiger partial charge in [-0.25, -0.2) is 9.67 Å². The van der Waals surface area contributed by atoms with Crippen LogP contribution >= 0.6 is 0 Å². The second kappa shape index (κ2) is 8.65. The Balaban J connectivity index is 0.000000509. The van der Waals surface area contributed by atoms with Crippen molar-refractivity contribution in [1.29, 1.82) is 0 Å². The molecule has 3 heteroatoms. The zero-order valence-corrected chi connectivity index (χ0v) is 10.8. The third-order valence-electron chi connectivity index (χ3n) is 1.68. The van der Waals surface area contributed by atoms with Gasteiger partial charge in [0, 0.05) is 0 Å². The van der Waals surface area contributed by atoms with Crippen molar-refractivity contribution in [3.63, 3.8) is 0 Å². The van der Waals surface area contributed by atoms with Gasteiger partial charge >= 0.3 is 0 Å². The maximum Gasteiger partial charge on any atom is 0.138 e. The van der Waals surface area contributed by atoms with Gasteiger partial charge in [0.1, 0.15) is 12.7 Å². The summed E-state index contributed by atoms with van der Waals surface area (Å²) in [5.41, 5.74) is 2.27. The summed E-state index contributed by atoms with van der Waals surface area (Å²) in [6, 6.07) is 8.13. The van der Waals surface area contributed by atoms with Gasteiger partial charge in [-0.2, -0.15) is 5.10 Å². The van der Waals surface area contributed by atoms with Crippen LogP contribution in [-0.4, -0.2) is 14.8 Å². The molecule has 0 saturated heterocycles. The van der Waals surface area contributed by atoms with Gasteiger partial charge in [-0.05, 0) is 24.6 Å². The van der Waals surface area contributed by atoms with Crippen LogP contribution in [0, 0.1) is 6.92 Å². The van der Waals surface area contributed by atoms with Crippen molar-refractivity contribution in [2.75, 3.05) is 0 Å². The van der Waals surface area contributed by atoms with Gasteiger partial charge in [0.15, 0.2) is 0 Å². The summed E-state index contributed by atoms with van der Waals surface area (Å²) < 4.78 is 1.74. The Kier molecular flexibility index (Phi) is 7.76. The summed E-state index contributed by atoms with van der Waals surface area (Å²) in [5.74, 6) is 0. The molecule has 0 amide bonds. The molecular formula is C13H21N3. The van der Waals surface area contributed by atoms with Crippen molar-refractivity contribution in [3.05, 3.63) is 42.5 Å². The lowest BCUT2D eigenvalue weighted by Crippen LogP contribution is -1.93. The lowest BCUT2D eigenvalue weighted by molar-refractivity contribution is 0.877. The van der Waals surface area contributed by atoms with E-state index in [-0.39, 0.29) is 0 Å². The molecule has 88 valence electrons. The second-order valence-electron chi connectivity index (χ2n) is 2.68. The van der Waals surface area contributed by atoms with Gasteiger partial charge < -0.3 is 0 Å². The van der Waals surface area contributed by atoms with Crippen molar-refractivity contribution in [1.82, 2.24) is 14.8 Å². The van der Waals surface area contributed by atoms with E-state index in [0.29, 0.717) is 0 Å². The molecule has 0 aliphatic carbocycles. The Labute approximate surface area is 98.2 Å². The summed E-state index contributed by atoms with van der Waals surface area (Å²) in [4.78, 5) is 3.88. The molecule has 0 bridgehead atoms. The SMILES string of the molecule is CC.CC.Cc1cccc(-n2cncn2)c1. The molecular weight excluding hydrogens is 198 g/mol. The number of benzene rings is 1. The molecule has 3 nitrogen and oxygen atoms in total. The van der Waals surface area contributed by atoms with E-state index in [1.165, 1.54) is 11.9 Å². The van der Waals surface area contributed by atoms with Crippen LogP contribution in [0.2, 0.25) is 0 Å². The average Bonchev–Trinajstić information content (AvgIpc) is 2.88. The van der Waals surface area contributed by atoms with Crippen LogP contribution < -0.4 is 0 Å². The topological polar surface area (TPSA) is 30.7 Å². The molecule has 0 N–H and O–H groups in total. The van der Waals surface area contributed by atoms with Gasteiger partial charge in [-0.1, -0.05) is 39.8 Å². The first-order chi connectivity index (χ1) is 7.86. The zero-order chi connectivity index (χ0) is 12.4. The normalized spacial score (nSPS) is 8.31. The number of rotatable bonds is 1. The van der Waals surface area contributed by atoms with E-state index in [1.54, 1.807) is 11.0 Å². The van der Waals surface area contributed by atoms with Gasteiger partial charge in [-0.15, -0.1) is 0 Å². The maximum atomic E-state index is 4.03. The van der Waals surface area contributed by atoms with Gasteiger partial charge in [-0.3, -0.25) is 0 Å². The molecule has 0 unspecified atom stereocenters. The van der Waals surface area contributed by atoms with Gasteiger partial charge in [0.05, 0.1) is 5.69 Å². The smallest absolute Gasteiger partial charge is 0.138 e. The predicted molar refractivity (Wildman–Crippen MR) is 68.8 cm³/mol. The summed E-state index contributed by atoms with van der Waals surface area (Å²) >= 11 is 0. The molecule has 0 fully saturated rings. The highest BCUT2D eigenvalue weighted by Gasteiger charge is 1.94. The Hall–Kier alpha value is -1.64. The Morgan fingerprint density at radius 1 is 1.06 bits per heavy atom. The minimum atomic E-state index is 1.05. The lowest BCUT2D eigenvalue weighted by Gasteiger charge is -1.99. The number of hydrogen-bond donors (Lipinski definition) is 0. The molecule has 1 heterocycles. The number of hydrogen-bond acceptors (Lipinski definition) is 2. The van der Waals surface area contributed by atoms with Crippen LogP contribution in [0.3, 0.4) is 0 Å². The standard InChI is InChI=1S/C9H9N3.2C2H6/c1-8-3-2-4-9(5-8)12-7-10-6-11-12;2*1-2/h2-7H,1H3;2*1-2H3. The minimum Gasteiger partial charge on any atom is -0.223 e. The first kappa shape index (κ1) is 14.4. The molecule has 0 aliphatic heterocycles. The molecule has 0 saturated carbocycles. The molecule has 0 radical (unpaired) electrons. The van der Waals surface area contributed by atoms with Crippen LogP contribution in [0.25, 0.3) is 5.69 Å². The van der Waals surface area contributed by atoms with E-state index in [1.807, 2.05) is 39.8 Å². The van der Waals surface area contributed by atoms with E-state index >= 15 is 0 Å². The highest BCUT2D eigenvalue weighted by molar-refractivity contribution is 5.33. The lowest BCUT2D eigenvalue weighted by atomic mass is 10.2. The summed E-state index contributed by atoms with van der Waals surface area (Å²) in [7, 11) is 0. The van der Waals surface area contributed by atoms with Crippen molar-refractivity contribution in [2.24, 2.45) is 0 Å². The van der Waals surface area contributed by atoms with Crippen LogP contribution in [0.5, 0.6) is 0 Å². The van der Waals surface area contributed by atoms with Crippen molar-refractivity contribution >= 4 is 0 Å². The van der Waals surface area contributed by atoms with E-state index in [9.17, 15) is 0 Å². The largest absolute Gasteiger partial charge is 0.223 e. The Morgan fingerprint density at radius 2 is 1.75 bits per heavy atom. The van der Waals surface area contributed by atoms with Gasteiger partial charge in [0.2, 0.25) is 0 Å². The molecule has 0 spiro atoms. The third kappa shape index (κ3) is 4.26. The highest BCUT2D eigenvalue weighted by Crippen LogP contribution is 2.06. The summed E-state index contributed by atoms with van der Waals surface area (Å²) in [6.45, 7) is 10.1. The first-order valence-electron chi connectivity index (χ1n) is 5.78. The van der Waals surface area contributed by atoms with E-state index in [2.05, 4.69) is 29.1 Å². The number of aromatic nitrogens is 3. The average molecular weight is 219 g/mol. The van der Waals surface area contributed by atoms with Crippen LogP contribution in [0.1, 0.15) is 33.3 Å². The monoisotopic (exact) mass is 219 g/mol. The fourth-order valence-electron chi connectivity index (χ4n) is 1.11. The molecule has 0 atom stereocenters. The van der Waals surface area contributed by atoms with Crippen molar-refractivity contribution < 1.29 is 0 Å². The van der Waals surface area contributed by atoms with Crippen molar-refractivity contribution in [2.45, 2.75) is 34.6 Å². The van der Waals surface area contributed by atoms with E-state index in [0.717, 1.165) is 5.69 Å². The molecule has 0 aliphatic rings. The Morgan fingerprint density at radius 3 is 2.25 bits per heavy atom. The number of nitrogens with zero attached hydrogens (tertiary/aromatic N) is 3. The van der Waals surface area contributed by atoms with Gasteiger partial charge in [0.25, 0.3) is 0 Å². The molecule has 2 aromatic rings. The Bertz CT molecular complexity index is 366. The first-order valence-corrected chi connectivity index (χ1v) is 5.78. The van der Waals surface area contributed by atoms with Crippen molar-refractivity contribution in [3.8, 4) is 5.69 Å².